The van der Waals surface area contributed by atoms with Crippen LogP contribution in [0.5, 0.6) is 5.75 Å². The summed E-state index contributed by atoms with van der Waals surface area (Å²) in [6, 6.07) is 9.25. The first-order valence-electron chi connectivity index (χ1n) is 7.34. The summed E-state index contributed by atoms with van der Waals surface area (Å²) in [6.07, 6.45) is 4.04. The van der Waals surface area contributed by atoms with Crippen LogP contribution in [0.3, 0.4) is 0 Å². The van der Waals surface area contributed by atoms with Gasteiger partial charge in [-0.05, 0) is 54.0 Å². The number of carbonyl (C=O) groups excluding carboxylic acids is 2. The monoisotopic (exact) mass is 322 g/mol. The van der Waals surface area contributed by atoms with Gasteiger partial charge in [-0.15, -0.1) is 0 Å². The molecule has 0 aliphatic heterocycles. The van der Waals surface area contributed by atoms with Crippen LogP contribution in [0.15, 0.2) is 61.4 Å². The third kappa shape index (κ3) is 3.98. The average Bonchev–Trinajstić information content (AvgIpc) is 2.57. The molecule has 0 aromatic heterocycles. The van der Waals surface area contributed by atoms with Gasteiger partial charge in [0.2, 0.25) is 0 Å². The molecule has 0 atom stereocenters. The maximum absolute atomic E-state index is 11.3. The Labute approximate surface area is 140 Å². The van der Waals surface area contributed by atoms with Gasteiger partial charge < -0.3 is 9.47 Å². The molecule has 0 heterocycles. The van der Waals surface area contributed by atoms with E-state index >= 15 is 0 Å². The Balaban J connectivity index is 2.37. The molecule has 24 heavy (non-hydrogen) atoms. The Morgan fingerprint density at radius 3 is 2.42 bits per heavy atom. The molecule has 0 aliphatic carbocycles. The van der Waals surface area contributed by atoms with Gasteiger partial charge in [-0.25, -0.2) is 9.59 Å². The summed E-state index contributed by atoms with van der Waals surface area (Å²) in [5.74, 6) is -0.0359. The first-order chi connectivity index (χ1) is 11.4. The van der Waals surface area contributed by atoms with Gasteiger partial charge in [0, 0.05) is 12.2 Å². The van der Waals surface area contributed by atoms with Crippen molar-refractivity contribution in [1.82, 2.24) is 0 Å². The van der Waals surface area contributed by atoms with Crippen LogP contribution in [-0.2, 0) is 14.3 Å². The fourth-order valence-corrected chi connectivity index (χ4v) is 2.31. The Kier molecular flexibility index (Phi) is 5.32. The van der Waals surface area contributed by atoms with Crippen molar-refractivity contribution in [1.29, 1.82) is 0 Å². The van der Waals surface area contributed by atoms with Crippen molar-refractivity contribution >= 4 is 28.8 Å². The van der Waals surface area contributed by atoms with Gasteiger partial charge in [0.1, 0.15) is 11.5 Å². The second kappa shape index (κ2) is 7.42. The van der Waals surface area contributed by atoms with Crippen molar-refractivity contribution in [3.8, 4) is 5.75 Å². The molecule has 4 heteroatoms. The van der Waals surface area contributed by atoms with Crippen molar-refractivity contribution in [3.05, 3.63) is 72.5 Å². The SMILES string of the molecule is C=CC(=O)O/C(C)=C/c1ccc2cc(OC(=O)C=C)ccc2c1C. The molecule has 0 fully saturated rings. The minimum absolute atomic E-state index is 0.464. The minimum Gasteiger partial charge on any atom is -0.428 e. The maximum Gasteiger partial charge on any atom is 0.335 e. The second-order valence-electron chi connectivity index (χ2n) is 5.17. The molecular weight excluding hydrogens is 304 g/mol. The topological polar surface area (TPSA) is 52.6 Å². The van der Waals surface area contributed by atoms with Crippen LogP contribution < -0.4 is 4.74 Å². The van der Waals surface area contributed by atoms with Gasteiger partial charge in [0.25, 0.3) is 0 Å². The number of ether oxygens (including phenoxy) is 2. The minimum atomic E-state index is -0.495. The van der Waals surface area contributed by atoms with Crippen LogP contribution in [0.4, 0.5) is 0 Å². The Morgan fingerprint density at radius 1 is 1.04 bits per heavy atom. The van der Waals surface area contributed by atoms with Crippen molar-refractivity contribution < 1.29 is 19.1 Å². The van der Waals surface area contributed by atoms with E-state index in [9.17, 15) is 9.59 Å². The van der Waals surface area contributed by atoms with Crippen LogP contribution >= 0.6 is 0 Å². The molecule has 122 valence electrons. The largest absolute Gasteiger partial charge is 0.428 e. The number of aryl methyl sites for hydroxylation is 1. The van der Waals surface area contributed by atoms with Gasteiger partial charge in [-0.2, -0.15) is 0 Å². The zero-order valence-electron chi connectivity index (χ0n) is 13.7. The second-order valence-corrected chi connectivity index (χ2v) is 5.17. The van der Waals surface area contributed by atoms with Crippen LogP contribution in [0, 0.1) is 6.92 Å². The lowest BCUT2D eigenvalue weighted by Crippen LogP contribution is -2.02. The van der Waals surface area contributed by atoms with Gasteiger partial charge in [-0.1, -0.05) is 31.4 Å². The zero-order chi connectivity index (χ0) is 17.7. The van der Waals surface area contributed by atoms with Crippen molar-refractivity contribution in [3.63, 3.8) is 0 Å². The first-order valence-corrected chi connectivity index (χ1v) is 7.34. The van der Waals surface area contributed by atoms with Crippen molar-refractivity contribution in [2.45, 2.75) is 13.8 Å². The lowest BCUT2D eigenvalue weighted by Gasteiger charge is -2.09. The van der Waals surface area contributed by atoms with E-state index in [-0.39, 0.29) is 0 Å². The molecule has 0 bridgehead atoms. The molecule has 0 saturated heterocycles. The highest BCUT2D eigenvalue weighted by atomic mass is 16.5. The molecule has 0 N–H and O–H groups in total. The quantitative estimate of drug-likeness (QED) is 0.356. The molecule has 4 nitrogen and oxygen atoms in total. The average molecular weight is 322 g/mol. The standard InChI is InChI=1S/C20H18O4/c1-5-19(21)23-13(3)11-15-7-8-16-12-17(24-20(22)6-2)9-10-18(16)14(15)4/h5-12H,1-2H2,3-4H3/b13-11+. The Bertz CT molecular complexity index is 859. The fraction of sp³-hybridized carbons (Fsp3) is 0.100. The highest BCUT2D eigenvalue weighted by Gasteiger charge is 2.07. The summed E-state index contributed by atoms with van der Waals surface area (Å²) in [4.78, 5) is 22.5. The first kappa shape index (κ1) is 17.2. The van der Waals surface area contributed by atoms with Gasteiger partial charge in [0.05, 0.1) is 0 Å². The normalized spacial score (nSPS) is 11.0. The lowest BCUT2D eigenvalue weighted by molar-refractivity contribution is -0.133. The Morgan fingerprint density at radius 2 is 1.75 bits per heavy atom. The van der Waals surface area contributed by atoms with E-state index < -0.39 is 11.9 Å². The van der Waals surface area contributed by atoms with E-state index in [0.29, 0.717) is 11.5 Å². The van der Waals surface area contributed by atoms with Crippen molar-refractivity contribution in [2.75, 3.05) is 0 Å². The summed E-state index contributed by atoms with van der Waals surface area (Å²) in [7, 11) is 0. The number of rotatable bonds is 5. The number of fused-ring (bicyclic) bond motifs is 1. The molecule has 0 saturated carbocycles. The highest BCUT2D eigenvalue weighted by Crippen LogP contribution is 2.27. The summed E-state index contributed by atoms with van der Waals surface area (Å²) in [5, 5.41) is 1.96. The number of esters is 2. The number of carbonyl (C=O) groups is 2. The molecule has 0 spiro atoms. The van der Waals surface area contributed by atoms with E-state index in [1.54, 1.807) is 25.1 Å². The van der Waals surface area contributed by atoms with Crippen LogP contribution in [0.1, 0.15) is 18.1 Å². The predicted octanol–water partition coefficient (Wildman–Crippen LogP) is 4.33. The number of hydrogen-bond donors (Lipinski definition) is 0. The summed E-state index contributed by atoms with van der Waals surface area (Å²) in [6.45, 7) is 10.4. The zero-order valence-corrected chi connectivity index (χ0v) is 13.7. The summed E-state index contributed by atoms with van der Waals surface area (Å²) in [5.41, 5.74) is 1.97. The van der Waals surface area contributed by atoms with Crippen molar-refractivity contribution in [2.24, 2.45) is 0 Å². The van der Waals surface area contributed by atoms with Crippen LogP contribution in [0.2, 0.25) is 0 Å². The number of benzene rings is 2. The Hall–Kier alpha value is -3.14. The molecule has 2 aromatic rings. The highest BCUT2D eigenvalue weighted by molar-refractivity contribution is 5.91. The summed E-state index contributed by atoms with van der Waals surface area (Å²) < 4.78 is 10.2. The molecule has 2 aromatic carbocycles. The third-order valence-electron chi connectivity index (χ3n) is 3.47. The number of hydrogen-bond acceptors (Lipinski definition) is 4. The van der Waals surface area contributed by atoms with Gasteiger partial charge in [0.15, 0.2) is 0 Å². The summed E-state index contributed by atoms with van der Waals surface area (Å²) >= 11 is 0. The molecule has 0 aliphatic rings. The molecule has 0 unspecified atom stereocenters. The van der Waals surface area contributed by atoms with Gasteiger partial charge in [-0.3, -0.25) is 0 Å². The molecular formula is C20H18O4. The van der Waals surface area contributed by atoms with Crippen LogP contribution in [0.25, 0.3) is 16.8 Å². The van der Waals surface area contributed by atoms with E-state index in [1.165, 1.54) is 0 Å². The smallest absolute Gasteiger partial charge is 0.335 e. The molecule has 0 radical (unpaired) electrons. The van der Waals surface area contributed by atoms with E-state index in [0.717, 1.165) is 34.1 Å². The van der Waals surface area contributed by atoms with Crippen LogP contribution in [-0.4, -0.2) is 11.9 Å². The van der Waals surface area contributed by atoms with E-state index in [2.05, 4.69) is 13.2 Å². The maximum atomic E-state index is 11.3. The molecule has 0 amide bonds. The van der Waals surface area contributed by atoms with E-state index in [1.807, 2.05) is 25.1 Å². The van der Waals surface area contributed by atoms with E-state index in [4.69, 9.17) is 9.47 Å². The fourth-order valence-electron chi connectivity index (χ4n) is 2.31. The third-order valence-corrected chi connectivity index (χ3v) is 3.47. The lowest BCUT2D eigenvalue weighted by atomic mass is 9.99. The van der Waals surface area contributed by atoms with Gasteiger partial charge >= 0.3 is 11.9 Å². The molecule has 2 rings (SSSR count). The number of allylic oxidation sites excluding steroid dienone is 1. The predicted molar refractivity (Wildman–Crippen MR) is 94.5 cm³/mol.